The Morgan fingerprint density at radius 2 is 2.53 bits per heavy atom. The second kappa shape index (κ2) is 5.31. The van der Waals surface area contributed by atoms with Gasteiger partial charge in [-0.25, -0.2) is 0 Å². The van der Waals surface area contributed by atoms with Crippen molar-refractivity contribution in [2.75, 3.05) is 11.9 Å². The van der Waals surface area contributed by atoms with E-state index in [1.165, 1.54) is 0 Å². The second-order valence-electron chi connectivity index (χ2n) is 4.40. The summed E-state index contributed by atoms with van der Waals surface area (Å²) in [4.78, 5) is 12.0. The van der Waals surface area contributed by atoms with Crippen LogP contribution in [0.3, 0.4) is 0 Å². The van der Waals surface area contributed by atoms with Gasteiger partial charge in [-0.05, 0) is 26.7 Å². The van der Waals surface area contributed by atoms with Crippen molar-refractivity contribution in [1.82, 2.24) is 9.78 Å². The molecule has 0 aliphatic carbocycles. The topological polar surface area (TPSA) is 56.2 Å². The summed E-state index contributed by atoms with van der Waals surface area (Å²) in [5, 5.41) is 7.02. The van der Waals surface area contributed by atoms with Crippen LogP contribution in [0.1, 0.15) is 26.7 Å². The van der Waals surface area contributed by atoms with Crippen LogP contribution in [0, 0.1) is 5.92 Å². The van der Waals surface area contributed by atoms with Crippen LogP contribution in [0.25, 0.3) is 0 Å². The van der Waals surface area contributed by atoms with E-state index in [-0.39, 0.29) is 17.9 Å². The zero-order valence-electron chi connectivity index (χ0n) is 10.3. The van der Waals surface area contributed by atoms with Gasteiger partial charge < -0.3 is 10.1 Å². The fourth-order valence-corrected chi connectivity index (χ4v) is 2.10. The Balaban J connectivity index is 1.95. The van der Waals surface area contributed by atoms with Crippen LogP contribution in [-0.2, 0) is 16.1 Å². The number of amides is 1. The fraction of sp³-hybridized carbons (Fsp3) is 0.667. The molecule has 94 valence electrons. The van der Waals surface area contributed by atoms with Crippen molar-refractivity contribution in [2.45, 2.75) is 39.3 Å². The molecule has 1 aromatic rings. The average molecular weight is 237 g/mol. The third kappa shape index (κ3) is 2.85. The van der Waals surface area contributed by atoms with Gasteiger partial charge in [-0.2, -0.15) is 5.10 Å². The third-order valence-electron chi connectivity index (χ3n) is 3.17. The smallest absolute Gasteiger partial charge is 0.230 e. The van der Waals surface area contributed by atoms with Gasteiger partial charge in [0.15, 0.2) is 0 Å². The Kier molecular flexibility index (Phi) is 3.78. The number of nitrogens with one attached hydrogen (secondary N) is 1. The number of nitrogens with zero attached hydrogens (tertiary/aromatic N) is 2. The molecule has 1 N–H and O–H groups in total. The lowest BCUT2D eigenvalue weighted by atomic mass is 9.94. The molecule has 0 saturated carbocycles. The first-order valence-electron chi connectivity index (χ1n) is 6.15. The van der Waals surface area contributed by atoms with Gasteiger partial charge >= 0.3 is 0 Å². The Morgan fingerprint density at radius 1 is 1.71 bits per heavy atom. The van der Waals surface area contributed by atoms with Gasteiger partial charge in [0.2, 0.25) is 5.91 Å². The predicted octanol–water partition coefficient (Wildman–Crippen LogP) is 1.66. The molecule has 0 radical (unpaired) electrons. The molecule has 17 heavy (non-hydrogen) atoms. The normalized spacial score (nSPS) is 24.6. The highest BCUT2D eigenvalue weighted by atomic mass is 16.5. The Bertz CT molecular complexity index is 389. The molecule has 1 saturated heterocycles. The number of aromatic nitrogens is 2. The largest absolute Gasteiger partial charge is 0.378 e. The number of rotatable bonds is 3. The summed E-state index contributed by atoms with van der Waals surface area (Å²) >= 11 is 0. The van der Waals surface area contributed by atoms with Crippen LogP contribution in [0.5, 0.6) is 0 Å². The van der Waals surface area contributed by atoms with Crippen LogP contribution in [0.4, 0.5) is 5.69 Å². The third-order valence-corrected chi connectivity index (χ3v) is 3.17. The maximum absolute atomic E-state index is 12.0. The summed E-state index contributed by atoms with van der Waals surface area (Å²) in [6, 6.07) is 0. The molecule has 2 heterocycles. The molecule has 2 atom stereocenters. The van der Waals surface area contributed by atoms with Crippen molar-refractivity contribution < 1.29 is 9.53 Å². The van der Waals surface area contributed by atoms with Crippen molar-refractivity contribution in [3.05, 3.63) is 12.4 Å². The molecule has 1 aliphatic heterocycles. The van der Waals surface area contributed by atoms with E-state index < -0.39 is 0 Å². The highest BCUT2D eigenvalue weighted by molar-refractivity contribution is 5.92. The summed E-state index contributed by atoms with van der Waals surface area (Å²) in [5.74, 6) is -0.0124. The Hall–Kier alpha value is -1.36. The lowest BCUT2D eigenvalue weighted by Gasteiger charge is -2.27. The molecule has 5 nitrogen and oxygen atoms in total. The summed E-state index contributed by atoms with van der Waals surface area (Å²) in [6.07, 6.45) is 5.37. The van der Waals surface area contributed by atoms with Crippen molar-refractivity contribution >= 4 is 11.6 Å². The van der Waals surface area contributed by atoms with E-state index in [9.17, 15) is 4.79 Å². The van der Waals surface area contributed by atoms with E-state index in [0.29, 0.717) is 0 Å². The number of anilines is 1. The van der Waals surface area contributed by atoms with Crippen LogP contribution in [-0.4, -0.2) is 28.4 Å². The Morgan fingerprint density at radius 3 is 3.18 bits per heavy atom. The second-order valence-corrected chi connectivity index (χ2v) is 4.40. The molecular formula is C12H19N3O2. The number of aryl methyl sites for hydroxylation is 1. The molecule has 0 aromatic carbocycles. The first-order valence-corrected chi connectivity index (χ1v) is 6.15. The molecule has 0 spiro atoms. The van der Waals surface area contributed by atoms with Crippen LogP contribution in [0.2, 0.25) is 0 Å². The summed E-state index contributed by atoms with van der Waals surface area (Å²) < 4.78 is 7.28. The molecule has 1 fully saturated rings. The predicted molar refractivity (Wildman–Crippen MR) is 64.7 cm³/mol. The van der Waals surface area contributed by atoms with Crippen molar-refractivity contribution in [2.24, 2.45) is 5.92 Å². The number of hydrogen-bond acceptors (Lipinski definition) is 3. The minimum absolute atomic E-state index is 0.00460. The van der Waals surface area contributed by atoms with Crippen LogP contribution in [0.15, 0.2) is 12.4 Å². The number of ether oxygens (including phenoxy) is 1. The maximum Gasteiger partial charge on any atom is 0.230 e. The van der Waals surface area contributed by atoms with Gasteiger partial charge in [0.25, 0.3) is 0 Å². The molecule has 1 amide bonds. The molecule has 1 aliphatic rings. The van der Waals surface area contributed by atoms with Gasteiger partial charge in [-0.1, -0.05) is 0 Å². The highest BCUT2D eigenvalue weighted by Crippen LogP contribution is 2.22. The summed E-state index contributed by atoms with van der Waals surface area (Å²) in [6.45, 7) is 5.53. The lowest BCUT2D eigenvalue weighted by Crippen LogP contribution is -2.36. The summed E-state index contributed by atoms with van der Waals surface area (Å²) in [5.41, 5.74) is 0.759. The minimum atomic E-state index is -0.0475. The SMILES string of the molecule is CCn1cc(NC(=O)C2CCCOC2C)cn1. The van der Waals surface area contributed by atoms with E-state index in [0.717, 1.165) is 31.7 Å². The van der Waals surface area contributed by atoms with Gasteiger partial charge in [-0.15, -0.1) is 0 Å². The van der Waals surface area contributed by atoms with E-state index in [2.05, 4.69) is 10.4 Å². The van der Waals surface area contributed by atoms with E-state index >= 15 is 0 Å². The molecule has 2 unspecified atom stereocenters. The zero-order chi connectivity index (χ0) is 12.3. The Labute approximate surface area is 101 Å². The molecule has 2 rings (SSSR count). The minimum Gasteiger partial charge on any atom is -0.378 e. The first-order chi connectivity index (χ1) is 8.20. The lowest BCUT2D eigenvalue weighted by molar-refractivity contribution is -0.127. The molecular weight excluding hydrogens is 218 g/mol. The molecule has 5 heteroatoms. The molecule has 0 bridgehead atoms. The standard InChI is InChI=1S/C12H19N3O2/c1-3-15-8-10(7-13-15)14-12(16)11-5-4-6-17-9(11)2/h7-9,11H,3-6H2,1-2H3,(H,14,16). The van der Waals surface area contributed by atoms with Crippen molar-refractivity contribution in [3.63, 3.8) is 0 Å². The molecule has 1 aromatic heterocycles. The fourth-order valence-electron chi connectivity index (χ4n) is 2.10. The maximum atomic E-state index is 12.0. The van der Waals surface area contributed by atoms with Crippen molar-refractivity contribution in [3.8, 4) is 0 Å². The van der Waals surface area contributed by atoms with E-state index in [1.807, 2.05) is 20.0 Å². The van der Waals surface area contributed by atoms with Gasteiger partial charge in [0.05, 0.1) is 23.9 Å². The average Bonchev–Trinajstić information content (AvgIpc) is 2.77. The highest BCUT2D eigenvalue weighted by Gasteiger charge is 2.28. The zero-order valence-corrected chi connectivity index (χ0v) is 10.3. The number of carbonyl (C=O) groups is 1. The van der Waals surface area contributed by atoms with Crippen molar-refractivity contribution in [1.29, 1.82) is 0 Å². The van der Waals surface area contributed by atoms with Gasteiger partial charge in [0, 0.05) is 19.3 Å². The summed E-state index contributed by atoms with van der Waals surface area (Å²) in [7, 11) is 0. The number of hydrogen-bond donors (Lipinski definition) is 1. The van der Waals surface area contributed by atoms with E-state index in [4.69, 9.17) is 4.74 Å². The number of carbonyl (C=O) groups excluding carboxylic acids is 1. The van der Waals surface area contributed by atoms with Gasteiger partial charge in [-0.3, -0.25) is 9.48 Å². The van der Waals surface area contributed by atoms with E-state index in [1.54, 1.807) is 10.9 Å². The van der Waals surface area contributed by atoms with Crippen LogP contribution < -0.4 is 5.32 Å². The quantitative estimate of drug-likeness (QED) is 0.869. The van der Waals surface area contributed by atoms with Crippen LogP contribution >= 0.6 is 0 Å². The van der Waals surface area contributed by atoms with Gasteiger partial charge in [0.1, 0.15) is 0 Å². The first kappa shape index (κ1) is 12.1. The monoisotopic (exact) mass is 237 g/mol.